The van der Waals surface area contributed by atoms with Gasteiger partial charge in [0.25, 0.3) is 5.91 Å². The average molecular weight is 300 g/mol. The summed E-state index contributed by atoms with van der Waals surface area (Å²) >= 11 is 0. The molecule has 1 aliphatic rings. The number of aryl methyl sites for hydroxylation is 2. The Morgan fingerprint density at radius 3 is 2.73 bits per heavy atom. The molecule has 1 aliphatic heterocycles. The van der Waals surface area contributed by atoms with Crippen LogP contribution in [0.4, 0.5) is 4.79 Å². The SMILES string of the molecule is Cc1nc(CN2C(=O)NC(C)(c3cccnc3)C2=O)oc1C. The summed E-state index contributed by atoms with van der Waals surface area (Å²) in [4.78, 5) is 34.2. The van der Waals surface area contributed by atoms with Crippen LogP contribution < -0.4 is 5.32 Å². The van der Waals surface area contributed by atoms with Gasteiger partial charge in [0.05, 0.1) is 5.69 Å². The normalized spacial score (nSPS) is 21.3. The molecule has 0 aliphatic carbocycles. The van der Waals surface area contributed by atoms with E-state index in [9.17, 15) is 9.59 Å². The molecule has 1 atom stereocenters. The molecule has 0 spiro atoms. The summed E-state index contributed by atoms with van der Waals surface area (Å²) in [5.74, 6) is 0.671. The second-order valence-electron chi connectivity index (χ2n) is 5.44. The topological polar surface area (TPSA) is 88.3 Å². The van der Waals surface area contributed by atoms with E-state index in [-0.39, 0.29) is 12.5 Å². The standard InChI is InChI=1S/C15H16N4O3/c1-9-10(2)22-12(17-9)8-19-13(20)15(3,18-14(19)21)11-5-4-6-16-7-11/h4-7H,8H2,1-3H3,(H,18,21). The van der Waals surface area contributed by atoms with Crippen LogP contribution in [0, 0.1) is 13.8 Å². The van der Waals surface area contributed by atoms with E-state index in [1.807, 2.05) is 6.92 Å². The van der Waals surface area contributed by atoms with E-state index in [0.29, 0.717) is 17.2 Å². The van der Waals surface area contributed by atoms with Crippen LogP contribution in [0.15, 0.2) is 28.9 Å². The van der Waals surface area contributed by atoms with Gasteiger partial charge in [0.2, 0.25) is 5.89 Å². The van der Waals surface area contributed by atoms with E-state index >= 15 is 0 Å². The van der Waals surface area contributed by atoms with Gasteiger partial charge in [0.15, 0.2) is 0 Å². The number of urea groups is 1. The minimum Gasteiger partial charge on any atom is -0.444 e. The molecular formula is C15H16N4O3. The number of imide groups is 1. The zero-order valence-electron chi connectivity index (χ0n) is 12.6. The van der Waals surface area contributed by atoms with Crippen LogP contribution in [0.25, 0.3) is 0 Å². The zero-order chi connectivity index (χ0) is 15.9. The fourth-order valence-corrected chi connectivity index (χ4v) is 2.44. The third-order valence-electron chi connectivity index (χ3n) is 3.88. The maximum atomic E-state index is 12.7. The van der Waals surface area contributed by atoms with Crippen molar-refractivity contribution in [3.63, 3.8) is 0 Å². The van der Waals surface area contributed by atoms with Crippen molar-refractivity contribution in [3.05, 3.63) is 47.4 Å². The van der Waals surface area contributed by atoms with E-state index in [4.69, 9.17) is 4.42 Å². The number of carbonyl (C=O) groups excluding carboxylic acids is 2. The summed E-state index contributed by atoms with van der Waals surface area (Å²) in [5.41, 5.74) is 0.259. The number of rotatable bonds is 3. The number of nitrogens with zero attached hydrogens (tertiary/aromatic N) is 3. The summed E-state index contributed by atoms with van der Waals surface area (Å²) in [6, 6.07) is 3.02. The zero-order valence-corrected chi connectivity index (χ0v) is 12.6. The summed E-state index contributed by atoms with van der Waals surface area (Å²) in [5, 5.41) is 2.72. The van der Waals surface area contributed by atoms with E-state index < -0.39 is 11.6 Å². The van der Waals surface area contributed by atoms with Gasteiger partial charge in [0.1, 0.15) is 17.8 Å². The van der Waals surface area contributed by atoms with Gasteiger partial charge < -0.3 is 9.73 Å². The molecule has 7 heteroatoms. The van der Waals surface area contributed by atoms with Crippen LogP contribution in [0.5, 0.6) is 0 Å². The number of hydrogen-bond acceptors (Lipinski definition) is 5. The van der Waals surface area contributed by atoms with Crippen LogP contribution >= 0.6 is 0 Å². The first kappa shape index (κ1) is 14.2. The number of oxazole rings is 1. The highest BCUT2D eigenvalue weighted by atomic mass is 16.4. The average Bonchev–Trinajstić information content (AvgIpc) is 2.93. The van der Waals surface area contributed by atoms with Crippen molar-refractivity contribution in [3.8, 4) is 0 Å². The Kier molecular flexibility index (Phi) is 3.20. The Hall–Kier alpha value is -2.70. The van der Waals surface area contributed by atoms with Gasteiger partial charge in [-0.05, 0) is 26.8 Å². The van der Waals surface area contributed by atoms with Crippen LogP contribution in [-0.4, -0.2) is 26.8 Å². The highest BCUT2D eigenvalue weighted by Crippen LogP contribution is 2.29. The van der Waals surface area contributed by atoms with Gasteiger partial charge in [-0.3, -0.25) is 14.7 Å². The Morgan fingerprint density at radius 1 is 1.36 bits per heavy atom. The van der Waals surface area contributed by atoms with Crippen molar-refractivity contribution in [2.24, 2.45) is 0 Å². The molecule has 1 unspecified atom stereocenters. The maximum Gasteiger partial charge on any atom is 0.325 e. The predicted octanol–water partition coefficient (Wildman–Crippen LogP) is 1.65. The van der Waals surface area contributed by atoms with Crippen molar-refractivity contribution < 1.29 is 14.0 Å². The lowest BCUT2D eigenvalue weighted by Gasteiger charge is -2.21. The van der Waals surface area contributed by atoms with Crippen LogP contribution in [0.1, 0.15) is 29.8 Å². The third-order valence-corrected chi connectivity index (χ3v) is 3.88. The number of hydrogen-bond donors (Lipinski definition) is 1. The lowest BCUT2D eigenvalue weighted by molar-refractivity contribution is -0.131. The second kappa shape index (κ2) is 4.94. The molecule has 2 aromatic heterocycles. The largest absolute Gasteiger partial charge is 0.444 e. The fraction of sp³-hybridized carbons (Fsp3) is 0.333. The highest BCUT2D eigenvalue weighted by Gasteiger charge is 2.49. The molecule has 3 heterocycles. The van der Waals surface area contributed by atoms with Crippen molar-refractivity contribution >= 4 is 11.9 Å². The quantitative estimate of drug-likeness (QED) is 0.871. The first-order chi connectivity index (χ1) is 10.4. The Morgan fingerprint density at radius 2 is 2.14 bits per heavy atom. The van der Waals surface area contributed by atoms with Gasteiger partial charge in [-0.1, -0.05) is 6.07 Å². The Balaban J connectivity index is 1.88. The molecule has 114 valence electrons. The van der Waals surface area contributed by atoms with Crippen molar-refractivity contribution in [2.75, 3.05) is 0 Å². The van der Waals surface area contributed by atoms with Crippen LogP contribution in [0.3, 0.4) is 0 Å². The molecule has 2 aromatic rings. The molecule has 1 N–H and O–H groups in total. The van der Waals surface area contributed by atoms with E-state index in [0.717, 1.165) is 10.6 Å². The maximum absolute atomic E-state index is 12.7. The third kappa shape index (κ3) is 2.14. The number of pyridine rings is 1. The van der Waals surface area contributed by atoms with E-state index in [1.165, 1.54) is 0 Å². The van der Waals surface area contributed by atoms with Gasteiger partial charge in [0, 0.05) is 18.0 Å². The molecule has 3 rings (SSSR count). The van der Waals surface area contributed by atoms with Crippen LogP contribution in [-0.2, 0) is 16.9 Å². The first-order valence-electron chi connectivity index (χ1n) is 6.89. The number of nitrogens with one attached hydrogen (secondary N) is 1. The minimum absolute atomic E-state index is 0.00913. The fourth-order valence-electron chi connectivity index (χ4n) is 2.44. The van der Waals surface area contributed by atoms with Gasteiger partial charge in [-0.15, -0.1) is 0 Å². The summed E-state index contributed by atoms with van der Waals surface area (Å²) in [6.45, 7) is 5.27. The summed E-state index contributed by atoms with van der Waals surface area (Å²) < 4.78 is 5.45. The van der Waals surface area contributed by atoms with Gasteiger partial charge >= 0.3 is 6.03 Å². The molecule has 0 aromatic carbocycles. The van der Waals surface area contributed by atoms with Crippen molar-refractivity contribution in [1.29, 1.82) is 0 Å². The van der Waals surface area contributed by atoms with Crippen molar-refractivity contribution in [2.45, 2.75) is 32.9 Å². The second-order valence-corrected chi connectivity index (χ2v) is 5.44. The molecular weight excluding hydrogens is 284 g/mol. The van der Waals surface area contributed by atoms with Gasteiger partial charge in [-0.2, -0.15) is 0 Å². The number of aromatic nitrogens is 2. The summed E-state index contributed by atoms with van der Waals surface area (Å²) in [6.07, 6.45) is 3.19. The highest BCUT2D eigenvalue weighted by molar-refractivity contribution is 6.07. The summed E-state index contributed by atoms with van der Waals surface area (Å²) in [7, 11) is 0. The van der Waals surface area contributed by atoms with E-state index in [1.54, 1.807) is 38.4 Å². The Bertz CT molecular complexity index is 721. The molecule has 0 radical (unpaired) electrons. The molecule has 1 fully saturated rings. The molecule has 1 saturated heterocycles. The monoisotopic (exact) mass is 300 g/mol. The molecule has 0 bridgehead atoms. The molecule has 22 heavy (non-hydrogen) atoms. The first-order valence-corrected chi connectivity index (χ1v) is 6.89. The lowest BCUT2D eigenvalue weighted by atomic mass is 9.94. The lowest BCUT2D eigenvalue weighted by Crippen LogP contribution is -2.40. The smallest absolute Gasteiger partial charge is 0.325 e. The van der Waals surface area contributed by atoms with E-state index in [2.05, 4.69) is 15.3 Å². The molecule has 3 amide bonds. The molecule has 7 nitrogen and oxygen atoms in total. The van der Waals surface area contributed by atoms with Gasteiger partial charge in [-0.25, -0.2) is 9.78 Å². The Labute approximate surface area is 127 Å². The van der Waals surface area contributed by atoms with Crippen molar-refractivity contribution in [1.82, 2.24) is 20.2 Å². The molecule has 0 saturated carbocycles. The number of carbonyl (C=O) groups is 2. The van der Waals surface area contributed by atoms with Crippen LogP contribution in [0.2, 0.25) is 0 Å². The number of amides is 3. The predicted molar refractivity (Wildman–Crippen MR) is 76.6 cm³/mol. The minimum atomic E-state index is -1.12.